The number of nitrogens with zero attached hydrogens (tertiary/aromatic N) is 1. The summed E-state index contributed by atoms with van der Waals surface area (Å²) in [5.41, 5.74) is 15.4. The molecule has 0 aliphatic carbocycles. The Morgan fingerprint density at radius 3 is 2.57 bits per heavy atom. The zero-order chi connectivity index (χ0) is 11.0. The number of carbonyl (C=O) groups excluding carboxylic acids is 1. The fourth-order valence-corrected chi connectivity index (χ4v) is 0.954. The average molecular weight is 199 g/mol. The van der Waals surface area contributed by atoms with Crippen LogP contribution in [0.15, 0.2) is 17.8 Å². The lowest BCUT2D eigenvalue weighted by atomic mass is 10.1. The van der Waals surface area contributed by atoms with Crippen molar-refractivity contribution >= 4 is 11.9 Å². The zero-order valence-corrected chi connectivity index (χ0v) is 8.07. The normalized spacial score (nSPS) is 11.4. The van der Waals surface area contributed by atoms with Crippen molar-refractivity contribution in [3.05, 3.63) is 12.8 Å². The summed E-state index contributed by atoms with van der Waals surface area (Å²) in [5, 5.41) is 2.75. The molecule has 0 aliphatic heterocycles. The Labute approximate surface area is 83.2 Å². The molecule has 0 aromatic rings. The molecule has 0 saturated heterocycles. The van der Waals surface area contributed by atoms with Crippen LogP contribution in [0, 0.1) is 0 Å². The van der Waals surface area contributed by atoms with Gasteiger partial charge in [0.15, 0.2) is 5.96 Å². The van der Waals surface area contributed by atoms with Gasteiger partial charge >= 0.3 is 0 Å². The molecule has 0 aliphatic rings. The number of amides is 1. The van der Waals surface area contributed by atoms with Crippen LogP contribution >= 0.6 is 0 Å². The summed E-state index contributed by atoms with van der Waals surface area (Å²) in [6, 6.07) is -0.401. The fourth-order valence-electron chi connectivity index (χ4n) is 0.954. The third kappa shape index (κ3) is 5.87. The molecule has 1 unspecified atom stereocenters. The summed E-state index contributed by atoms with van der Waals surface area (Å²) < 4.78 is 0. The van der Waals surface area contributed by atoms with Crippen LogP contribution < -0.4 is 22.5 Å². The van der Waals surface area contributed by atoms with Crippen molar-refractivity contribution in [2.75, 3.05) is 6.54 Å². The van der Waals surface area contributed by atoms with E-state index in [0.29, 0.717) is 19.4 Å². The van der Waals surface area contributed by atoms with Gasteiger partial charge in [-0.15, -0.1) is 0 Å². The minimum atomic E-state index is -0.408. The molecular weight excluding hydrogens is 182 g/mol. The quantitative estimate of drug-likeness (QED) is 0.229. The molecule has 0 aromatic carbocycles. The maximum atomic E-state index is 10.8. The first kappa shape index (κ1) is 12.3. The highest BCUT2D eigenvalue weighted by Gasteiger charge is 2.11. The lowest BCUT2D eigenvalue weighted by Gasteiger charge is -2.11. The van der Waals surface area contributed by atoms with E-state index in [0.717, 1.165) is 0 Å². The standard InChI is InChI=1S/C8H17N5O/c1-2-12-6(7(9)14)4-3-5-13-8(10)11/h2,6,12H,1,3-5H2,(H2,9,14)(H4,10,11,13). The first-order valence-electron chi connectivity index (χ1n) is 4.29. The van der Waals surface area contributed by atoms with Gasteiger partial charge in [-0.3, -0.25) is 9.79 Å². The molecule has 6 heteroatoms. The maximum absolute atomic E-state index is 10.8. The topological polar surface area (TPSA) is 120 Å². The van der Waals surface area contributed by atoms with Gasteiger partial charge in [-0.25, -0.2) is 0 Å². The van der Waals surface area contributed by atoms with Crippen molar-refractivity contribution in [3.8, 4) is 0 Å². The Hall–Kier alpha value is -1.72. The summed E-state index contributed by atoms with van der Waals surface area (Å²) in [7, 11) is 0. The molecule has 0 radical (unpaired) electrons. The summed E-state index contributed by atoms with van der Waals surface area (Å²) in [6.07, 6.45) is 2.71. The minimum Gasteiger partial charge on any atom is -0.380 e. The monoisotopic (exact) mass is 199 g/mol. The number of rotatable bonds is 7. The average Bonchev–Trinajstić information content (AvgIpc) is 2.09. The molecule has 0 aromatic heterocycles. The van der Waals surface area contributed by atoms with E-state index in [9.17, 15) is 4.79 Å². The smallest absolute Gasteiger partial charge is 0.239 e. The molecule has 0 saturated carbocycles. The van der Waals surface area contributed by atoms with Crippen molar-refractivity contribution in [1.29, 1.82) is 0 Å². The van der Waals surface area contributed by atoms with E-state index in [-0.39, 0.29) is 5.96 Å². The molecule has 0 bridgehead atoms. The van der Waals surface area contributed by atoms with E-state index in [4.69, 9.17) is 17.2 Å². The second-order valence-electron chi connectivity index (χ2n) is 2.77. The second kappa shape index (κ2) is 6.76. The van der Waals surface area contributed by atoms with Crippen LogP contribution in [0.4, 0.5) is 0 Å². The molecule has 0 rings (SSSR count). The van der Waals surface area contributed by atoms with Crippen LogP contribution in [0.3, 0.4) is 0 Å². The molecule has 0 fully saturated rings. The molecule has 6 nitrogen and oxygen atoms in total. The molecule has 80 valence electrons. The van der Waals surface area contributed by atoms with Crippen LogP contribution in [-0.2, 0) is 4.79 Å². The van der Waals surface area contributed by atoms with Gasteiger partial charge in [-0.05, 0) is 19.0 Å². The number of carbonyl (C=O) groups is 1. The number of guanidine groups is 1. The summed E-state index contributed by atoms with van der Waals surface area (Å²) in [5.74, 6) is -0.355. The Morgan fingerprint density at radius 1 is 1.50 bits per heavy atom. The fraction of sp³-hybridized carbons (Fsp3) is 0.500. The van der Waals surface area contributed by atoms with Crippen molar-refractivity contribution in [3.63, 3.8) is 0 Å². The van der Waals surface area contributed by atoms with Gasteiger partial charge in [0.1, 0.15) is 6.04 Å². The van der Waals surface area contributed by atoms with Crippen molar-refractivity contribution < 1.29 is 4.79 Å². The van der Waals surface area contributed by atoms with Crippen molar-refractivity contribution in [1.82, 2.24) is 5.32 Å². The van der Waals surface area contributed by atoms with Gasteiger partial charge in [0.2, 0.25) is 5.91 Å². The number of aliphatic imine (C=N–C) groups is 1. The highest BCUT2D eigenvalue weighted by Crippen LogP contribution is 1.97. The Kier molecular flexibility index (Phi) is 5.93. The molecule has 7 N–H and O–H groups in total. The highest BCUT2D eigenvalue weighted by molar-refractivity contribution is 5.79. The van der Waals surface area contributed by atoms with Gasteiger partial charge in [-0.1, -0.05) is 6.58 Å². The van der Waals surface area contributed by atoms with Gasteiger partial charge in [0.05, 0.1) is 0 Å². The van der Waals surface area contributed by atoms with Crippen LogP contribution in [0.2, 0.25) is 0 Å². The lowest BCUT2D eigenvalue weighted by molar-refractivity contribution is -0.119. The van der Waals surface area contributed by atoms with E-state index < -0.39 is 11.9 Å². The summed E-state index contributed by atoms with van der Waals surface area (Å²) in [6.45, 7) is 3.94. The van der Waals surface area contributed by atoms with Crippen LogP contribution in [-0.4, -0.2) is 24.5 Å². The minimum absolute atomic E-state index is 0.0531. The van der Waals surface area contributed by atoms with Gasteiger partial charge in [0, 0.05) is 6.54 Å². The van der Waals surface area contributed by atoms with Gasteiger partial charge in [-0.2, -0.15) is 0 Å². The van der Waals surface area contributed by atoms with E-state index in [1.54, 1.807) is 0 Å². The molecule has 1 amide bonds. The Bertz CT molecular complexity index is 222. The van der Waals surface area contributed by atoms with E-state index in [1.807, 2.05) is 0 Å². The van der Waals surface area contributed by atoms with E-state index in [1.165, 1.54) is 6.20 Å². The van der Waals surface area contributed by atoms with Gasteiger partial charge in [0.25, 0.3) is 0 Å². The Balaban J connectivity index is 3.77. The van der Waals surface area contributed by atoms with E-state index >= 15 is 0 Å². The van der Waals surface area contributed by atoms with E-state index in [2.05, 4.69) is 16.9 Å². The molecule has 1 atom stereocenters. The number of hydrogen-bond donors (Lipinski definition) is 4. The van der Waals surface area contributed by atoms with Crippen LogP contribution in [0.1, 0.15) is 12.8 Å². The Morgan fingerprint density at radius 2 is 2.14 bits per heavy atom. The second-order valence-corrected chi connectivity index (χ2v) is 2.77. The molecule has 0 heterocycles. The lowest BCUT2D eigenvalue weighted by Crippen LogP contribution is -2.38. The number of nitrogens with two attached hydrogens (primary N) is 3. The number of nitrogens with one attached hydrogen (secondary N) is 1. The summed E-state index contributed by atoms with van der Waals surface area (Å²) >= 11 is 0. The predicted octanol–water partition coefficient (Wildman–Crippen LogP) is -1.37. The number of primary amides is 1. The summed E-state index contributed by atoms with van der Waals surface area (Å²) in [4.78, 5) is 14.6. The largest absolute Gasteiger partial charge is 0.380 e. The van der Waals surface area contributed by atoms with Crippen LogP contribution in [0.25, 0.3) is 0 Å². The predicted molar refractivity (Wildman–Crippen MR) is 56.2 cm³/mol. The first-order valence-corrected chi connectivity index (χ1v) is 4.29. The van der Waals surface area contributed by atoms with Crippen molar-refractivity contribution in [2.24, 2.45) is 22.2 Å². The third-order valence-electron chi connectivity index (χ3n) is 1.61. The SMILES string of the molecule is C=CNC(CCCN=C(N)N)C(N)=O. The molecule has 0 spiro atoms. The number of hydrogen-bond acceptors (Lipinski definition) is 3. The van der Waals surface area contributed by atoms with Crippen molar-refractivity contribution in [2.45, 2.75) is 18.9 Å². The first-order chi connectivity index (χ1) is 6.57. The van der Waals surface area contributed by atoms with Crippen LogP contribution in [0.5, 0.6) is 0 Å². The zero-order valence-electron chi connectivity index (χ0n) is 8.07. The third-order valence-corrected chi connectivity index (χ3v) is 1.61. The van der Waals surface area contributed by atoms with Gasteiger partial charge < -0.3 is 22.5 Å². The maximum Gasteiger partial charge on any atom is 0.239 e. The molecule has 14 heavy (non-hydrogen) atoms. The highest BCUT2D eigenvalue weighted by atomic mass is 16.1. The molecular formula is C8H17N5O.